The minimum atomic E-state index is -0.786. The van der Waals surface area contributed by atoms with Crippen LogP contribution >= 0.6 is 11.6 Å². The van der Waals surface area contributed by atoms with Crippen LogP contribution in [-0.4, -0.2) is 28.2 Å². The second-order valence-corrected chi connectivity index (χ2v) is 6.25. The number of allylic oxidation sites excluding steroid dienone is 1. The number of carbonyl (C=O) groups excluding carboxylic acids is 2. The van der Waals surface area contributed by atoms with Crippen LogP contribution in [0.4, 0.5) is 4.79 Å². The molecule has 1 aromatic rings. The number of nitrogens with zero attached hydrogens (tertiary/aromatic N) is 2. The molecule has 2 amide bonds. The SMILES string of the molecule is C#CCn1c(CCCC)nc(Cl)c1C1NC(=O)NC(C)=C1C(=O)OCC. The molecule has 140 valence electrons. The molecule has 1 atom stereocenters. The summed E-state index contributed by atoms with van der Waals surface area (Å²) in [7, 11) is 0. The van der Waals surface area contributed by atoms with Crippen LogP contribution in [0.1, 0.15) is 51.2 Å². The van der Waals surface area contributed by atoms with Crippen molar-refractivity contribution in [3.8, 4) is 12.3 Å². The Hall–Kier alpha value is -2.46. The number of unbranched alkanes of at least 4 members (excludes halogenated alkanes) is 1. The number of aromatic nitrogens is 2. The maximum atomic E-state index is 12.5. The number of esters is 1. The van der Waals surface area contributed by atoms with Crippen LogP contribution in [0.25, 0.3) is 0 Å². The van der Waals surface area contributed by atoms with Gasteiger partial charge in [0.15, 0.2) is 5.15 Å². The number of rotatable bonds is 7. The van der Waals surface area contributed by atoms with Crippen LogP contribution < -0.4 is 10.6 Å². The molecular weight excluding hydrogens is 356 g/mol. The van der Waals surface area contributed by atoms with Gasteiger partial charge in [0.1, 0.15) is 11.9 Å². The minimum absolute atomic E-state index is 0.216. The third-order valence-electron chi connectivity index (χ3n) is 4.08. The second kappa shape index (κ2) is 8.77. The highest BCUT2D eigenvalue weighted by molar-refractivity contribution is 6.30. The molecule has 0 fully saturated rings. The van der Waals surface area contributed by atoms with E-state index >= 15 is 0 Å². The number of halogens is 1. The molecule has 0 aliphatic carbocycles. The first-order valence-electron chi connectivity index (χ1n) is 8.58. The van der Waals surface area contributed by atoms with Crippen molar-refractivity contribution in [2.75, 3.05) is 6.61 Å². The lowest BCUT2D eigenvalue weighted by molar-refractivity contribution is -0.139. The highest BCUT2D eigenvalue weighted by Crippen LogP contribution is 2.33. The summed E-state index contributed by atoms with van der Waals surface area (Å²) in [4.78, 5) is 28.9. The van der Waals surface area contributed by atoms with E-state index in [-0.39, 0.29) is 23.9 Å². The molecule has 2 N–H and O–H groups in total. The van der Waals surface area contributed by atoms with Crippen molar-refractivity contribution in [1.82, 2.24) is 20.2 Å². The van der Waals surface area contributed by atoms with Gasteiger partial charge in [-0.2, -0.15) is 0 Å². The summed E-state index contributed by atoms with van der Waals surface area (Å²) in [5.74, 6) is 2.80. The summed E-state index contributed by atoms with van der Waals surface area (Å²) < 4.78 is 6.94. The molecule has 0 saturated heterocycles. The molecule has 26 heavy (non-hydrogen) atoms. The molecule has 1 aliphatic rings. The summed E-state index contributed by atoms with van der Waals surface area (Å²) in [6.45, 7) is 5.90. The Balaban J connectivity index is 2.57. The topological polar surface area (TPSA) is 85.3 Å². The van der Waals surface area contributed by atoms with E-state index in [9.17, 15) is 9.59 Å². The largest absolute Gasteiger partial charge is 0.463 e. The van der Waals surface area contributed by atoms with Crippen LogP contribution in [0.3, 0.4) is 0 Å². The Kier molecular flexibility index (Phi) is 6.70. The summed E-state index contributed by atoms with van der Waals surface area (Å²) in [6.07, 6.45) is 8.14. The third-order valence-corrected chi connectivity index (χ3v) is 4.36. The maximum absolute atomic E-state index is 12.5. The number of amides is 2. The molecule has 7 nitrogen and oxygen atoms in total. The summed E-state index contributed by atoms with van der Waals surface area (Å²) in [5.41, 5.74) is 1.19. The van der Waals surface area contributed by atoms with Gasteiger partial charge in [-0.05, 0) is 20.3 Å². The van der Waals surface area contributed by atoms with Gasteiger partial charge in [-0.25, -0.2) is 14.6 Å². The Bertz CT molecular complexity index is 776. The highest BCUT2D eigenvalue weighted by atomic mass is 35.5. The number of hydrogen-bond acceptors (Lipinski definition) is 4. The van der Waals surface area contributed by atoms with Crippen LogP contribution in [0, 0.1) is 12.3 Å². The summed E-state index contributed by atoms with van der Waals surface area (Å²) in [5, 5.41) is 5.55. The van der Waals surface area contributed by atoms with E-state index in [1.165, 1.54) is 0 Å². The zero-order valence-corrected chi connectivity index (χ0v) is 15.9. The smallest absolute Gasteiger partial charge is 0.338 e. The zero-order valence-electron chi connectivity index (χ0n) is 15.2. The number of imidazole rings is 1. The average molecular weight is 379 g/mol. The molecule has 0 spiro atoms. The predicted octanol–water partition coefficient (Wildman–Crippen LogP) is 2.70. The molecule has 2 heterocycles. The van der Waals surface area contributed by atoms with E-state index in [0.717, 1.165) is 18.7 Å². The lowest BCUT2D eigenvalue weighted by Gasteiger charge is -2.28. The van der Waals surface area contributed by atoms with E-state index < -0.39 is 18.0 Å². The summed E-state index contributed by atoms with van der Waals surface area (Å²) >= 11 is 6.39. The van der Waals surface area contributed by atoms with Gasteiger partial charge in [0, 0.05) is 12.1 Å². The van der Waals surface area contributed by atoms with Crippen LogP contribution in [0.5, 0.6) is 0 Å². The van der Waals surface area contributed by atoms with Crippen LogP contribution in [-0.2, 0) is 22.5 Å². The van der Waals surface area contributed by atoms with Gasteiger partial charge < -0.3 is 19.9 Å². The van der Waals surface area contributed by atoms with Crippen molar-refractivity contribution in [2.45, 2.75) is 52.6 Å². The normalized spacial score (nSPS) is 16.7. The fourth-order valence-corrected chi connectivity index (χ4v) is 3.24. The Labute approximate surface area is 158 Å². The monoisotopic (exact) mass is 378 g/mol. The van der Waals surface area contributed by atoms with Crippen molar-refractivity contribution in [1.29, 1.82) is 0 Å². The first kappa shape index (κ1) is 19.9. The highest BCUT2D eigenvalue weighted by Gasteiger charge is 2.36. The van der Waals surface area contributed by atoms with Crippen molar-refractivity contribution in [2.24, 2.45) is 0 Å². The Morgan fingerprint density at radius 1 is 1.46 bits per heavy atom. The molecule has 0 bridgehead atoms. The minimum Gasteiger partial charge on any atom is -0.463 e. The van der Waals surface area contributed by atoms with Crippen molar-refractivity contribution < 1.29 is 14.3 Å². The molecule has 0 radical (unpaired) electrons. The van der Waals surface area contributed by atoms with Crippen LogP contribution in [0.2, 0.25) is 5.15 Å². The van der Waals surface area contributed by atoms with Gasteiger partial charge in [-0.3, -0.25) is 0 Å². The molecule has 1 aliphatic heterocycles. The number of aryl methyl sites for hydroxylation is 1. The predicted molar refractivity (Wildman–Crippen MR) is 98.4 cm³/mol. The van der Waals surface area contributed by atoms with Gasteiger partial charge in [0.2, 0.25) is 0 Å². The number of ether oxygens (including phenoxy) is 1. The molecule has 0 saturated carbocycles. The maximum Gasteiger partial charge on any atom is 0.338 e. The van der Waals surface area contributed by atoms with Gasteiger partial charge in [-0.1, -0.05) is 30.9 Å². The molecule has 0 aromatic carbocycles. The Morgan fingerprint density at radius 3 is 2.81 bits per heavy atom. The molecule has 2 rings (SSSR count). The van der Waals surface area contributed by atoms with Crippen molar-refractivity contribution in [3.63, 3.8) is 0 Å². The fraction of sp³-hybridized carbons (Fsp3) is 0.500. The van der Waals surface area contributed by atoms with Gasteiger partial charge in [0.25, 0.3) is 0 Å². The lowest BCUT2D eigenvalue weighted by atomic mass is 10.00. The van der Waals surface area contributed by atoms with E-state index in [2.05, 4.69) is 28.5 Å². The average Bonchev–Trinajstić information content (AvgIpc) is 2.88. The standard InChI is InChI=1S/C18H23ClN4O3/c1-5-8-9-12-21-16(19)15(23(12)10-6-2)14-13(17(24)26-7-3)11(4)20-18(25)22-14/h2,14H,5,7-10H2,1,3-4H3,(H2,20,22,25). The third kappa shape index (κ3) is 4.02. The second-order valence-electron chi connectivity index (χ2n) is 5.89. The molecule has 1 unspecified atom stereocenters. The lowest BCUT2D eigenvalue weighted by Crippen LogP contribution is -2.46. The van der Waals surface area contributed by atoms with E-state index in [1.54, 1.807) is 18.4 Å². The number of terminal acetylenes is 1. The zero-order chi connectivity index (χ0) is 19.3. The quantitative estimate of drug-likeness (QED) is 0.564. The number of nitrogens with one attached hydrogen (secondary N) is 2. The number of hydrogen-bond donors (Lipinski definition) is 2. The molecular formula is C18H23ClN4O3. The van der Waals surface area contributed by atoms with Crippen molar-refractivity contribution in [3.05, 3.63) is 27.9 Å². The van der Waals surface area contributed by atoms with Gasteiger partial charge in [-0.15, -0.1) is 6.42 Å². The van der Waals surface area contributed by atoms with E-state index in [1.807, 2.05) is 0 Å². The number of urea groups is 1. The van der Waals surface area contributed by atoms with E-state index in [4.69, 9.17) is 22.8 Å². The van der Waals surface area contributed by atoms with Gasteiger partial charge >= 0.3 is 12.0 Å². The Morgan fingerprint density at radius 2 is 2.19 bits per heavy atom. The first-order valence-corrected chi connectivity index (χ1v) is 8.95. The van der Waals surface area contributed by atoms with Crippen LogP contribution in [0.15, 0.2) is 11.3 Å². The van der Waals surface area contributed by atoms with Crippen molar-refractivity contribution >= 4 is 23.6 Å². The fourth-order valence-electron chi connectivity index (χ4n) is 2.93. The summed E-state index contributed by atoms with van der Waals surface area (Å²) in [6, 6.07) is -1.22. The molecule has 1 aromatic heterocycles. The number of carbonyl (C=O) groups is 2. The van der Waals surface area contributed by atoms with E-state index in [0.29, 0.717) is 17.8 Å². The molecule has 8 heteroatoms. The first-order chi connectivity index (χ1) is 12.4. The van der Waals surface area contributed by atoms with Gasteiger partial charge in [0.05, 0.1) is 24.4 Å².